The highest BCUT2D eigenvalue weighted by Crippen LogP contribution is 2.51. The van der Waals surface area contributed by atoms with Crippen molar-refractivity contribution < 1.29 is 19.0 Å². The van der Waals surface area contributed by atoms with Gasteiger partial charge in [-0.3, -0.25) is 4.79 Å². The Labute approximate surface area is 193 Å². The summed E-state index contributed by atoms with van der Waals surface area (Å²) < 4.78 is 18.5. The minimum atomic E-state index is -0.729. The molecule has 2 heterocycles. The van der Waals surface area contributed by atoms with Gasteiger partial charge in [-0.1, -0.05) is 36.2 Å². The molecule has 0 aromatic carbocycles. The zero-order valence-electron chi connectivity index (χ0n) is 20.4. The lowest BCUT2D eigenvalue weighted by Gasteiger charge is -2.55. The van der Waals surface area contributed by atoms with Crippen LogP contribution >= 0.6 is 15.9 Å². The molecule has 2 saturated heterocycles. The van der Waals surface area contributed by atoms with E-state index in [-0.39, 0.29) is 11.6 Å². The van der Waals surface area contributed by atoms with Crippen molar-refractivity contribution in [3.05, 3.63) is 0 Å². The molecule has 0 aromatic rings. The summed E-state index contributed by atoms with van der Waals surface area (Å²) in [6, 6.07) is 0. The molecule has 0 aromatic heterocycles. The van der Waals surface area contributed by atoms with Crippen molar-refractivity contribution >= 4 is 21.9 Å². The van der Waals surface area contributed by atoms with Gasteiger partial charge in [0, 0.05) is 20.1 Å². The van der Waals surface area contributed by atoms with Crippen LogP contribution in [0.15, 0.2) is 0 Å². The van der Waals surface area contributed by atoms with Crippen molar-refractivity contribution in [3.8, 4) is 0 Å². The lowest BCUT2D eigenvalue weighted by atomic mass is 9.66. The number of esters is 1. The Hall–Kier alpha value is -0.130. The third-order valence-corrected chi connectivity index (χ3v) is 8.60. The van der Waals surface area contributed by atoms with E-state index >= 15 is 0 Å². The lowest BCUT2D eigenvalue weighted by molar-refractivity contribution is -0.228. The van der Waals surface area contributed by atoms with E-state index in [4.69, 9.17) is 14.2 Å². The van der Waals surface area contributed by atoms with Crippen LogP contribution in [0, 0.1) is 11.8 Å². The molecule has 176 valence electrons. The van der Waals surface area contributed by atoms with E-state index < -0.39 is 15.5 Å². The fourth-order valence-electron chi connectivity index (χ4n) is 6.28. The molecular weight excluding hydrogens is 444 g/mol. The Morgan fingerprint density at radius 1 is 1.10 bits per heavy atom. The number of alkyl halides is 1. The van der Waals surface area contributed by atoms with E-state index in [9.17, 15) is 4.79 Å². The van der Waals surface area contributed by atoms with E-state index in [1.807, 2.05) is 0 Å². The van der Waals surface area contributed by atoms with E-state index in [0.717, 1.165) is 58.2 Å². The molecule has 2 aliphatic rings. The molecule has 2 fully saturated rings. The normalized spacial score (nSPS) is 32.1. The maximum atomic E-state index is 12.3. The number of hydrogen-bond acceptors (Lipinski definition) is 4. The van der Waals surface area contributed by atoms with Crippen molar-refractivity contribution in [2.24, 2.45) is 11.8 Å². The van der Waals surface area contributed by atoms with Crippen molar-refractivity contribution in [1.29, 1.82) is 0 Å². The van der Waals surface area contributed by atoms with E-state index in [1.165, 1.54) is 19.8 Å². The molecule has 2 rings (SSSR count). The zero-order valence-corrected chi connectivity index (χ0v) is 22.0. The lowest BCUT2D eigenvalue weighted by Crippen LogP contribution is -2.66. The first kappa shape index (κ1) is 26.1. The van der Waals surface area contributed by atoms with E-state index in [1.54, 1.807) is 0 Å². The van der Waals surface area contributed by atoms with Gasteiger partial charge in [0.05, 0.1) is 9.93 Å². The summed E-state index contributed by atoms with van der Waals surface area (Å²) in [5.74, 6) is 0.724. The molecule has 5 atom stereocenters. The molecule has 0 N–H and O–H groups in total. The molecule has 0 spiro atoms. The molecule has 0 aliphatic carbocycles. The third-order valence-electron chi connectivity index (χ3n) is 7.96. The van der Waals surface area contributed by atoms with Crippen LogP contribution < -0.4 is 0 Å². The molecule has 5 unspecified atom stereocenters. The Balaban J connectivity index is 2.29. The van der Waals surface area contributed by atoms with Gasteiger partial charge in [-0.25, -0.2) is 0 Å². The second-order valence-corrected chi connectivity index (χ2v) is 12.6. The molecule has 0 amide bonds. The van der Waals surface area contributed by atoms with Crippen molar-refractivity contribution in [2.75, 3.05) is 13.2 Å². The molecule has 0 bridgehead atoms. The molecule has 30 heavy (non-hydrogen) atoms. The van der Waals surface area contributed by atoms with Crippen LogP contribution in [0.1, 0.15) is 106 Å². The second-order valence-electron chi connectivity index (χ2n) is 10.6. The summed E-state index contributed by atoms with van der Waals surface area (Å²) in [7, 11) is 0. The average molecular weight is 490 g/mol. The topological polar surface area (TPSA) is 44.8 Å². The van der Waals surface area contributed by atoms with Crippen molar-refractivity contribution in [2.45, 2.75) is 127 Å². The van der Waals surface area contributed by atoms with Crippen LogP contribution in [0.3, 0.4) is 0 Å². The fourth-order valence-corrected chi connectivity index (χ4v) is 6.98. The molecule has 2 aliphatic heterocycles. The number of ether oxygens (including phenoxy) is 3. The summed E-state index contributed by atoms with van der Waals surface area (Å²) in [6.07, 6.45) is 9.47. The largest absolute Gasteiger partial charge is 0.455 e. The Morgan fingerprint density at radius 3 is 2.13 bits per heavy atom. The summed E-state index contributed by atoms with van der Waals surface area (Å²) in [6.45, 7) is 16.4. The van der Waals surface area contributed by atoms with Crippen molar-refractivity contribution in [3.63, 3.8) is 0 Å². The first-order valence-electron chi connectivity index (χ1n) is 12.1. The van der Waals surface area contributed by atoms with Gasteiger partial charge in [-0.15, -0.1) is 0 Å². The summed E-state index contributed by atoms with van der Waals surface area (Å²) >= 11 is 3.91. The molecule has 4 nitrogen and oxygen atoms in total. The number of carbonyl (C=O) groups is 1. The fraction of sp³-hybridized carbons (Fsp3) is 0.960. The van der Waals surface area contributed by atoms with Crippen molar-refractivity contribution in [1.82, 2.24) is 0 Å². The Morgan fingerprint density at radius 2 is 1.70 bits per heavy atom. The predicted octanol–water partition coefficient (Wildman–Crippen LogP) is 6.82. The van der Waals surface area contributed by atoms with Gasteiger partial charge in [0.2, 0.25) is 0 Å². The van der Waals surface area contributed by atoms with Crippen LogP contribution in [0.5, 0.6) is 0 Å². The highest BCUT2D eigenvalue weighted by Gasteiger charge is 2.60. The molecule has 5 heteroatoms. The number of hydrogen-bond donors (Lipinski definition) is 0. The minimum absolute atomic E-state index is 0.0499. The van der Waals surface area contributed by atoms with Gasteiger partial charge in [0.15, 0.2) is 5.60 Å². The Kier molecular flexibility index (Phi) is 8.89. The molecule has 0 saturated carbocycles. The standard InChI is InChI=1S/C25H45BrO4/c1-8-21(23(6)14-9-11-17-28-23)19(2)13-16-25(22(4,5)26,30-20(3)27)24(7)15-10-12-18-29-24/h19,21H,8-18H2,1-7H3. The summed E-state index contributed by atoms with van der Waals surface area (Å²) in [5.41, 5.74) is -1.28. The Bertz CT molecular complexity index is 558. The summed E-state index contributed by atoms with van der Waals surface area (Å²) in [5, 5.41) is 0. The van der Waals surface area contributed by atoms with Gasteiger partial charge >= 0.3 is 5.97 Å². The predicted molar refractivity (Wildman–Crippen MR) is 126 cm³/mol. The first-order valence-corrected chi connectivity index (χ1v) is 12.9. The quantitative estimate of drug-likeness (QED) is 0.263. The molecular formula is C25H45BrO4. The van der Waals surface area contributed by atoms with Crippen LogP contribution in [-0.4, -0.2) is 40.3 Å². The van der Waals surface area contributed by atoms with E-state index in [2.05, 4.69) is 57.5 Å². The highest BCUT2D eigenvalue weighted by molar-refractivity contribution is 9.10. The number of halogens is 1. The van der Waals surface area contributed by atoms with Crippen LogP contribution in [-0.2, 0) is 19.0 Å². The van der Waals surface area contributed by atoms with Gasteiger partial charge in [0.1, 0.15) is 5.60 Å². The van der Waals surface area contributed by atoms with E-state index in [0.29, 0.717) is 11.8 Å². The van der Waals surface area contributed by atoms with Crippen LogP contribution in [0.2, 0.25) is 0 Å². The van der Waals surface area contributed by atoms with Gasteiger partial charge in [0.25, 0.3) is 0 Å². The first-order chi connectivity index (χ1) is 13.9. The SMILES string of the molecule is CCC(C(C)CCC(OC(C)=O)(C(C)(C)Br)C1(C)CCCCO1)C1(C)CCCCO1. The third kappa shape index (κ3) is 5.43. The summed E-state index contributed by atoms with van der Waals surface area (Å²) in [4.78, 5) is 12.3. The van der Waals surface area contributed by atoms with Gasteiger partial charge < -0.3 is 14.2 Å². The maximum Gasteiger partial charge on any atom is 0.303 e. The average Bonchev–Trinajstić information content (AvgIpc) is 2.65. The highest BCUT2D eigenvalue weighted by atomic mass is 79.9. The monoisotopic (exact) mass is 488 g/mol. The molecule has 0 radical (unpaired) electrons. The van der Waals surface area contributed by atoms with Crippen LogP contribution in [0.25, 0.3) is 0 Å². The minimum Gasteiger partial charge on any atom is -0.455 e. The van der Waals surface area contributed by atoms with Gasteiger partial charge in [-0.2, -0.15) is 0 Å². The zero-order chi connectivity index (χ0) is 22.6. The van der Waals surface area contributed by atoms with Gasteiger partial charge in [-0.05, 0) is 90.9 Å². The number of carbonyl (C=O) groups excluding carboxylic acids is 1. The second kappa shape index (κ2) is 10.2. The number of rotatable bonds is 9. The maximum absolute atomic E-state index is 12.3. The van der Waals surface area contributed by atoms with Crippen LogP contribution in [0.4, 0.5) is 0 Å². The smallest absolute Gasteiger partial charge is 0.303 e.